The van der Waals surface area contributed by atoms with E-state index in [-0.39, 0.29) is 31.2 Å². The number of carbonyl (C=O) groups excluding carboxylic acids is 3. The summed E-state index contributed by atoms with van der Waals surface area (Å²) in [6, 6.07) is 18.0. The molecule has 0 bridgehead atoms. The Morgan fingerprint density at radius 2 is 1.48 bits per heavy atom. The van der Waals surface area contributed by atoms with Crippen molar-refractivity contribution in [2.24, 2.45) is 0 Å². The number of alkyl carbamates (subject to hydrolysis) is 1. The van der Waals surface area contributed by atoms with E-state index < -0.39 is 23.8 Å². The molecule has 52 heavy (non-hydrogen) atoms. The number of aromatic nitrogens is 2. The summed E-state index contributed by atoms with van der Waals surface area (Å²) in [6.07, 6.45) is 3.43. The summed E-state index contributed by atoms with van der Waals surface area (Å²) in [6.45, 7) is 10.3. The third kappa shape index (κ3) is 14.4. The molecule has 13 heteroatoms. The van der Waals surface area contributed by atoms with Gasteiger partial charge in [0.25, 0.3) is 0 Å². The molecule has 0 saturated heterocycles. The van der Waals surface area contributed by atoms with Gasteiger partial charge in [-0.15, -0.1) is 22.7 Å². The van der Waals surface area contributed by atoms with Crippen LogP contribution in [0, 0.1) is 0 Å². The number of nitrogens with one attached hydrogen (secondary N) is 3. The zero-order valence-corrected chi connectivity index (χ0v) is 32.6. The van der Waals surface area contributed by atoms with Crippen LogP contribution >= 0.6 is 22.7 Å². The number of amides is 4. The van der Waals surface area contributed by atoms with Gasteiger partial charge < -0.3 is 30.3 Å². The van der Waals surface area contributed by atoms with Crippen LogP contribution in [0.2, 0.25) is 0 Å². The Balaban J connectivity index is 1.47. The number of hydrogen-bond acceptors (Lipinski definition) is 9. The first-order valence-corrected chi connectivity index (χ1v) is 19.4. The number of nitrogens with zero attached hydrogens (tertiary/aromatic N) is 3. The summed E-state index contributed by atoms with van der Waals surface area (Å²) in [5.41, 5.74) is 4.09. The van der Waals surface area contributed by atoms with Crippen molar-refractivity contribution in [1.82, 2.24) is 30.8 Å². The normalized spacial score (nSPS) is 13.2. The highest BCUT2D eigenvalue weighted by atomic mass is 32.1. The molecule has 4 rings (SSSR count). The second-order valence-corrected chi connectivity index (χ2v) is 16.0. The lowest BCUT2D eigenvalue weighted by atomic mass is 9.96. The predicted molar refractivity (Wildman–Crippen MR) is 206 cm³/mol. The fourth-order valence-corrected chi connectivity index (χ4v) is 6.69. The van der Waals surface area contributed by atoms with Gasteiger partial charge >= 0.3 is 12.1 Å². The zero-order valence-electron chi connectivity index (χ0n) is 31.0. The molecule has 2 aromatic carbocycles. The van der Waals surface area contributed by atoms with Crippen molar-refractivity contribution < 1.29 is 23.9 Å². The van der Waals surface area contributed by atoms with Crippen molar-refractivity contribution in [3.05, 3.63) is 104 Å². The van der Waals surface area contributed by atoms with Gasteiger partial charge in [-0.2, -0.15) is 0 Å². The molecule has 280 valence electrons. The molecule has 0 radical (unpaired) electrons. The van der Waals surface area contributed by atoms with Crippen LogP contribution in [0.15, 0.2) is 77.8 Å². The van der Waals surface area contributed by atoms with E-state index in [9.17, 15) is 14.4 Å². The quantitative estimate of drug-likeness (QED) is 0.0989. The Bertz CT molecular complexity index is 1660. The lowest BCUT2D eigenvalue weighted by Gasteiger charge is -2.29. The van der Waals surface area contributed by atoms with E-state index in [0.29, 0.717) is 38.1 Å². The highest BCUT2D eigenvalue weighted by Gasteiger charge is 2.28. The molecule has 0 spiro atoms. The average Bonchev–Trinajstić information content (AvgIpc) is 3.81. The first kappa shape index (κ1) is 40.4. The van der Waals surface area contributed by atoms with Gasteiger partial charge in [0.1, 0.15) is 12.6 Å². The van der Waals surface area contributed by atoms with Crippen molar-refractivity contribution in [2.45, 2.75) is 103 Å². The van der Waals surface area contributed by atoms with E-state index in [1.54, 1.807) is 30.1 Å². The van der Waals surface area contributed by atoms with Crippen molar-refractivity contribution in [1.29, 1.82) is 0 Å². The molecule has 3 N–H and O–H groups in total. The van der Waals surface area contributed by atoms with E-state index in [0.717, 1.165) is 26.7 Å². The number of ether oxygens (including phenoxy) is 2. The molecule has 2 aromatic heterocycles. The Labute approximate surface area is 315 Å². The first-order valence-electron chi connectivity index (χ1n) is 17.6. The van der Waals surface area contributed by atoms with Gasteiger partial charge in [-0.25, -0.2) is 14.6 Å². The summed E-state index contributed by atoms with van der Waals surface area (Å²) in [4.78, 5) is 51.4. The van der Waals surface area contributed by atoms with Crippen LogP contribution in [-0.4, -0.2) is 70.3 Å². The van der Waals surface area contributed by atoms with Gasteiger partial charge in [-0.05, 0) is 57.6 Å². The van der Waals surface area contributed by atoms with Crippen LogP contribution in [0.5, 0.6) is 0 Å². The molecule has 0 saturated carbocycles. The Hall–Kier alpha value is -4.33. The van der Waals surface area contributed by atoms with Gasteiger partial charge in [0.15, 0.2) is 0 Å². The van der Waals surface area contributed by atoms with Gasteiger partial charge in [0, 0.05) is 36.6 Å². The molecule has 0 aliphatic heterocycles. The molecule has 0 fully saturated rings. The van der Waals surface area contributed by atoms with Gasteiger partial charge in [-0.1, -0.05) is 74.5 Å². The summed E-state index contributed by atoms with van der Waals surface area (Å²) in [5.74, 6) is -0.0454. The monoisotopic (exact) mass is 748 g/mol. The minimum atomic E-state index is -0.950. The average molecular weight is 749 g/mol. The summed E-state index contributed by atoms with van der Waals surface area (Å²) >= 11 is 3.00. The van der Waals surface area contributed by atoms with E-state index in [1.807, 2.05) is 86.8 Å². The van der Waals surface area contributed by atoms with Crippen LogP contribution in [0.25, 0.3) is 0 Å². The predicted octanol–water partition coefficient (Wildman–Crippen LogP) is 7.09. The number of hydrogen-bond donors (Lipinski definition) is 3. The lowest BCUT2D eigenvalue weighted by molar-refractivity contribution is -0.126. The van der Waals surface area contributed by atoms with Crippen molar-refractivity contribution >= 4 is 40.7 Å². The molecule has 11 nitrogen and oxygen atoms in total. The SMILES string of the molecule is CC(C)c1nc(CN(C)C(=O)N[C@@H](COC(C)(C)C)C(=O)N[C@H](CC[C@H](Cc2ccccc2)NC(=O)OCc2cncs2)Cc2ccccc2)cs1. The van der Waals surface area contributed by atoms with Crippen molar-refractivity contribution in [2.75, 3.05) is 13.7 Å². The standard InChI is InChI=1S/C39H52N6O5S2/c1-27(2)36-42-32(25-51-36)22-45(6)37(47)44-34(24-50-39(3,4)5)35(46)41-30(19-28-13-9-7-10-14-28)17-18-31(20-29-15-11-8-12-16-29)43-38(48)49-23-33-21-40-26-52-33/h7-16,21,25-27,30-31,34H,17-20,22-24H2,1-6H3,(H,41,46)(H,43,48)(H,44,47)/t30-,31-,34+/m1/s1. The topological polar surface area (TPSA) is 135 Å². The maximum Gasteiger partial charge on any atom is 0.407 e. The number of benzene rings is 2. The second kappa shape index (κ2) is 20.1. The lowest BCUT2D eigenvalue weighted by Crippen LogP contribution is -2.55. The highest BCUT2D eigenvalue weighted by molar-refractivity contribution is 7.09. The fourth-order valence-electron chi connectivity index (χ4n) is 5.36. The number of urea groups is 1. The Morgan fingerprint density at radius 3 is 2.02 bits per heavy atom. The van der Waals surface area contributed by atoms with Crippen LogP contribution in [0.4, 0.5) is 9.59 Å². The minimum Gasteiger partial charge on any atom is -0.444 e. The zero-order chi connectivity index (χ0) is 37.5. The molecule has 2 heterocycles. The van der Waals surface area contributed by atoms with E-state index in [4.69, 9.17) is 9.47 Å². The van der Waals surface area contributed by atoms with Crippen molar-refractivity contribution in [3.63, 3.8) is 0 Å². The Morgan fingerprint density at radius 1 is 0.865 bits per heavy atom. The van der Waals surface area contributed by atoms with Crippen LogP contribution in [0.3, 0.4) is 0 Å². The summed E-state index contributed by atoms with van der Waals surface area (Å²) in [5, 5.41) is 12.1. The highest BCUT2D eigenvalue weighted by Crippen LogP contribution is 2.20. The van der Waals surface area contributed by atoms with E-state index >= 15 is 0 Å². The van der Waals surface area contributed by atoms with Crippen LogP contribution in [-0.2, 0) is 40.3 Å². The third-order valence-corrected chi connectivity index (χ3v) is 10.1. The molecule has 0 unspecified atom stereocenters. The second-order valence-electron chi connectivity index (χ2n) is 14.2. The largest absolute Gasteiger partial charge is 0.444 e. The van der Waals surface area contributed by atoms with E-state index in [2.05, 4.69) is 39.8 Å². The smallest absolute Gasteiger partial charge is 0.407 e. The number of carbonyl (C=O) groups is 3. The molecule has 4 amide bonds. The summed E-state index contributed by atoms with van der Waals surface area (Å²) < 4.78 is 11.5. The molecule has 0 aliphatic carbocycles. The summed E-state index contributed by atoms with van der Waals surface area (Å²) in [7, 11) is 1.68. The van der Waals surface area contributed by atoms with Gasteiger partial charge in [0.2, 0.25) is 5.91 Å². The maximum absolute atomic E-state index is 14.0. The molecular weight excluding hydrogens is 697 g/mol. The number of rotatable bonds is 18. The molecule has 0 aliphatic rings. The third-order valence-electron chi connectivity index (χ3n) is 8.12. The van der Waals surface area contributed by atoms with E-state index in [1.165, 1.54) is 16.2 Å². The Kier molecular flexibility index (Phi) is 15.6. The maximum atomic E-state index is 14.0. The molecular formula is C39H52N6O5S2. The molecule has 3 atom stereocenters. The van der Waals surface area contributed by atoms with Gasteiger partial charge in [-0.3, -0.25) is 9.78 Å². The minimum absolute atomic E-state index is 0.00897. The first-order chi connectivity index (χ1) is 24.8. The van der Waals surface area contributed by atoms with Crippen LogP contribution in [0.1, 0.15) is 80.1 Å². The fraction of sp³-hybridized carbons (Fsp3) is 0.462. The van der Waals surface area contributed by atoms with Crippen LogP contribution < -0.4 is 16.0 Å². The van der Waals surface area contributed by atoms with Gasteiger partial charge in [0.05, 0.1) is 39.8 Å². The molecule has 4 aromatic rings. The number of thiazole rings is 2. The van der Waals surface area contributed by atoms with Crippen molar-refractivity contribution in [3.8, 4) is 0 Å².